The lowest BCUT2D eigenvalue weighted by Crippen LogP contribution is -2.31. The van der Waals surface area contributed by atoms with E-state index in [1.54, 1.807) is 4.57 Å². The second-order valence-corrected chi connectivity index (χ2v) is 6.57. The van der Waals surface area contributed by atoms with Gasteiger partial charge < -0.3 is 29.2 Å². The van der Waals surface area contributed by atoms with E-state index < -0.39 is 17.2 Å². The molecule has 1 aliphatic carbocycles. The maximum Gasteiger partial charge on any atom is 0.343 e. The number of carbonyl (C=O) groups excluding carboxylic acids is 1. The molecule has 0 spiro atoms. The highest BCUT2D eigenvalue weighted by Gasteiger charge is 2.31. The van der Waals surface area contributed by atoms with Crippen LogP contribution in [0.4, 0.5) is 10.1 Å². The first-order chi connectivity index (χ1) is 13.5. The van der Waals surface area contributed by atoms with E-state index in [0.717, 1.165) is 18.9 Å². The molecule has 28 heavy (non-hydrogen) atoms. The molecule has 3 rings (SSSR count). The maximum atomic E-state index is 15.1. The summed E-state index contributed by atoms with van der Waals surface area (Å²) < 4.78 is 27.0. The summed E-state index contributed by atoms with van der Waals surface area (Å²) in [7, 11) is 2.54. The van der Waals surface area contributed by atoms with E-state index in [4.69, 9.17) is 9.47 Å². The van der Waals surface area contributed by atoms with Gasteiger partial charge in [0.05, 0.1) is 38.3 Å². The average Bonchev–Trinajstić information content (AvgIpc) is 3.52. The van der Waals surface area contributed by atoms with Crippen molar-refractivity contribution in [2.45, 2.75) is 18.9 Å². The highest BCUT2D eigenvalue weighted by molar-refractivity contribution is 5.97. The molecular weight excluding hydrogens is 371 g/mol. The zero-order valence-corrected chi connectivity index (χ0v) is 15.8. The molecule has 1 fully saturated rings. The minimum atomic E-state index is -0.785. The Labute approximate surface area is 160 Å². The third-order valence-corrected chi connectivity index (χ3v) is 4.80. The predicted octanol–water partition coefficient (Wildman–Crippen LogP) is 1.06. The van der Waals surface area contributed by atoms with E-state index in [0.29, 0.717) is 5.52 Å². The number of methoxy groups -OCH3 is 2. The second kappa shape index (κ2) is 8.15. The second-order valence-electron chi connectivity index (χ2n) is 6.57. The number of aliphatic hydroxyl groups excluding tert-OH is 2. The van der Waals surface area contributed by atoms with Crippen molar-refractivity contribution >= 4 is 22.6 Å². The van der Waals surface area contributed by atoms with Crippen molar-refractivity contribution in [3.05, 3.63) is 33.9 Å². The minimum absolute atomic E-state index is 0.0147. The smallest absolute Gasteiger partial charge is 0.343 e. The van der Waals surface area contributed by atoms with Gasteiger partial charge in [-0.15, -0.1) is 0 Å². The Hall–Kier alpha value is -2.65. The van der Waals surface area contributed by atoms with Crippen LogP contribution >= 0.6 is 0 Å². The maximum absolute atomic E-state index is 15.1. The molecule has 0 amide bonds. The van der Waals surface area contributed by atoms with Crippen LogP contribution in [-0.4, -0.2) is 61.3 Å². The molecule has 0 atom stereocenters. The number of aliphatic hydroxyl groups is 2. The molecule has 1 heterocycles. The number of rotatable bonds is 8. The molecule has 1 aromatic heterocycles. The summed E-state index contributed by atoms with van der Waals surface area (Å²) in [6, 6.07) is 1.13. The summed E-state index contributed by atoms with van der Waals surface area (Å²) in [5, 5.41) is 18.7. The lowest BCUT2D eigenvalue weighted by atomic mass is 10.1. The SMILES string of the molecule is COC(=O)c1cn(C2CC2)c2c(OC)c(N(CCO)CCO)c(F)cc2c1=O. The Morgan fingerprint density at radius 3 is 2.43 bits per heavy atom. The topological polar surface area (TPSA) is 101 Å². The zero-order valence-electron chi connectivity index (χ0n) is 15.8. The molecule has 0 aliphatic heterocycles. The third-order valence-electron chi connectivity index (χ3n) is 4.80. The molecule has 0 unspecified atom stereocenters. The normalized spacial score (nSPS) is 13.6. The van der Waals surface area contributed by atoms with Gasteiger partial charge in [0.1, 0.15) is 11.3 Å². The monoisotopic (exact) mass is 394 g/mol. The Kier molecular flexibility index (Phi) is 5.85. The van der Waals surface area contributed by atoms with Crippen molar-refractivity contribution in [3.63, 3.8) is 0 Å². The summed E-state index contributed by atoms with van der Waals surface area (Å²) >= 11 is 0. The average molecular weight is 394 g/mol. The van der Waals surface area contributed by atoms with Crippen LogP contribution in [0.2, 0.25) is 0 Å². The van der Waals surface area contributed by atoms with E-state index in [1.807, 2.05) is 0 Å². The minimum Gasteiger partial charge on any atom is -0.492 e. The van der Waals surface area contributed by atoms with E-state index in [1.165, 1.54) is 25.3 Å². The molecule has 152 valence electrons. The molecule has 0 saturated heterocycles. The number of hydrogen-bond acceptors (Lipinski definition) is 7. The van der Waals surface area contributed by atoms with Crippen molar-refractivity contribution in [3.8, 4) is 5.75 Å². The molecule has 2 N–H and O–H groups in total. The fourth-order valence-electron chi connectivity index (χ4n) is 3.40. The van der Waals surface area contributed by atoms with Crippen LogP contribution in [-0.2, 0) is 4.74 Å². The Bertz CT molecular complexity index is 948. The van der Waals surface area contributed by atoms with E-state index in [9.17, 15) is 19.8 Å². The Morgan fingerprint density at radius 1 is 1.29 bits per heavy atom. The number of hydrogen-bond donors (Lipinski definition) is 2. The van der Waals surface area contributed by atoms with Gasteiger partial charge in [0, 0.05) is 25.3 Å². The van der Waals surface area contributed by atoms with Gasteiger partial charge in [-0.1, -0.05) is 0 Å². The van der Waals surface area contributed by atoms with Crippen molar-refractivity contribution in [2.75, 3.05) is 45.4 Å². The molecular formula is C19H23FN2O6. The number of pyridine rings is 1. The molecule has 9 heteroatoms. The summed E-state index contributed by atoms with van der Waals surface area (Å²) in [6.07, 6.45) is 3.14. The van der Waals surface area contributed by atoms with E-state index in [2.05, 4.69) is 0 Å². The number of anilines is 1. The van der Waals surface area contributed by atoms with Gasteiger partial charge in [0.15, 0.2) is 11.6 Å². The first-order valence-electron chi connectivity index (χ1n) is 8.98. The van der Waals surface area contributed by atoms with Crippen LogP contribution in [0.1, 0.15) is 29.2 Å². The van der Waals surface area contributed by atoms with Crippen LogP contribution in [0.3, 0.4) is 0 Å². The summed E-state index contributed by atoms with van der Waals surface area (Å²) in [5.41, 5.74) is -0.380. The highest BCUT2D eigenvalue weighted by Crippen LogP contribution is 2.43. The number of halogens is 1. The number of ether oxygens (including phenoxy) is 2. The first-order valence-corrected chi connectivity index (χ1v) is 8.98. The predicted molar refractivity (Wildman–Crippen MR) is 101 cm³/mol. The summed E-state index contributed by atoms with van der Waals surface area (Å²) in [5.74, 6) is -1.41. The number of nitrogens with zero attached hydrogens (tertiary/aromatic N) is 2. The van der Waals surface area contributed by atoms with Gasteiger partial charge in [-0.3, -0.25) is 4.79 Å². The first kappa shape index (κ1) is 20.1. The Morgan fingerprint density at radius 2 is 1.93 bits per heavy atom. The number of fused-ring (bicyclic) bond motifs is 1. The molecule has 8 nitrogen and oxygen atoms in total. The summed E-state index contributed by atoms with van der Waals surface area (Å²) in [6.45, 7) is -0.352. The molecule has 0 bridgehead atoms. The largest absolute Gasteiger partial charge is 0.492 e. The molecule has 2 aromatic rings. The molecule has 0 radical (unpaired) electrons. The lowest BCUT2D eigenvalue weighted by Gasteiger charge is -2.27. The molecule has 1 aromatic carbocycles. The van der Waals surface area contributed by atoms with Gasteiger partial charge in [0.25, 0.3) is 0 Å². The van der Waals surface area contributed by atoms with Crippen LogP contribution < -0.4 is 15.1 Å². The number of carbonyl (C=O) groups is 1. The quantitative estimate of drug-likeness (QED) is 0.646. The molecule has 1 saturated carbocycles. The number of aromatic nitrogens is 1. The van der Waals surface area contributed by atoms with Crippen LogP contribution in [0.5, 0.6) is 5.75 Å². The zero-order chi connectivity index (χ0) is 20.4. The van der Waals surface area contributed by atoms with E-state index in [-0.39, 0.29) is 54.7 Å². The standard InChI is InChI=1S/C19H23FN2O6/c1-27-18-15-12(9-14(20)16(18)21(5-7-23)6-8-24)17(25)13(19(26)28-2)10-22(15)11-3-4-11/h9-11,23-24H,3-8H2,1-2H3. The van der Waals surface area contributed by atoms with Gasteiger partial charge in [-0.2, -0.15) is 0 Å². The van der Waals surface area contributed by atoms with E-state index >= 15 is 4.39 Å². The third kappa shape index (κ3) is 3.43. The van der Waals surface area contributed by atoms with Crippen molar-refractivity contribution in [1.29, 1.82) is 0 Å². The van der Waals surface area contributed by atoms with Crippen LogP contribution in [0.15, 0.2) is 17.1 Å². The van der Waals surface area contributed by atoms with Gasteiger partial charge in [-0.25, -0.2) is 9.18 Å². The fourth-order valence-corrected chi connectivity index (χ4v) is 3.40. The number of esters is 1. The fraction of sp³-hybridized carbons (Fsp3) is 0.474. The van der Waals surface area contributed by atoms with Crippen molar-refractivity contribution in [1.82, 2.24) is 4.57 Å². The lowest BCUT2D eigenvalue weighted by molar-refractivity contribution is 0.0598. The van der Waals surface area contributed by atoms with Crippen LogP contribution in [0, 0.1) is 5.82 Å². The van der Waals surface area contributed by atoms with Gasteiger partial charge >= 0.3 is 5.97 Å². The summed E-state index contributed by atoms with van der Waals surface area (Å²) in [4.78, 5) is 26.3. The number of benzene rings is 1. The molecule has 1 aliphatic rings. The van der Waals surface area contributed by atoms with Gasteiger partial charge in [-0.05, 0) is 18.9 Å². The van der Waals surface area contributed by atoms with Gasteiger partial charge in [0.2, 0.25) is 5.43 Å². The van der Waals surface area contributed by atoms with Crippen molar-refractivity contribution in [2.24, 2.45) is 0 Å². The van der Waals surface area contributed by atoms with Crippen LogP contribution in [0.25, 0.3) is 10.9 Å². The Balaban J connectivity index is 2.38. The van der Waals surface area contributed by atoms with Crippen molar-refractivity contribution < 1.29 is 28.9 Å². The highest BCUT2D eigenvalue weighted by atomic mass is 19.1.